The Morgan fingerprint density at radius 2 is 2.00 bits per heavy atom. The van der Waals surface area contributed by atoms with E-state index in [-0.39, 0.29) is 5.91 Å². The second-order valence-electron chi connectivity index (χ2n) is 5.78. The van der Waals surface area contributed by atoms with Crippen molar-refractivity contribution in [1.29, 1.82) is 0 Å². The summed E-state index contributed by atoms with van der Waals surface area (Å²) in [6.45, 7) is 3.27. The minimum absolute atomic E-state index is 0.000808. The van der Waals surface area contributed by atoms with Crippen LogP contribution in [0.15, 0.2) is 42.5 Å². The van der Waals surface area contributed by atoms with Gasteiger partial charge in [0.15, 0.2) is 0 Å². The van der Waals surface area contributed by atoms with Crippen LogP contribution in [0.2, 0.25) is 0 Å². The van der Waals surface area contributed by atoms with Crippen LogP contribution in [0.3, 0.4) is 0 Å². The molecule has 0 spiro atoms. The standard InChI is InChI=1S/C18H21N3O/c1-13-7-9-14(10-8-13)20-18(22)12-21-11-3-4-15-16(19)5-2-6-17(15)21/h2,5-10H,3-4,11-12,19H2,1H3,(H,20,22). The van der Waals surface area contributed by atoms with Gasteiger partial charge < -0.3 is 16.0 Å². The smallest absolute Gasteiger partial charge is 0.243 e. The molecule has 1 amide bonds. The number of nitrogens with two attached hydrogens (primary N) is 1. The highest BCUT2D eigenvalue weighted by Gasteiger charge is 2.20. The van der Waals surface area contributed by atoms with Crippen molar-refractivity contribution in [2.45, 2.75) is 19.8 Å². The average Bonchev–Trinajstić information content (AvgIpc) is 2.51. The first kappa shape index (κ1) is 14.4. The van der Waals surface area contributed by atoms with Crippen molar-refractivity contribution in [3.8, 4) is 0 Å². The van der Waals surface area contributed by atoms with Gasteiger partial charge >= 0.3 is 0 Å². The van der Waals surface area contributed by atoms with E-state index in [1.807, 2.05) is 49.4 Å². The number of hydrogen-bond donors (Lipinski definition) is 2. The Morgan fingerprint density at radius 3 is 2.77 bits per heavy atom. The van der Waals surface area contributed by atoms with Gasteiger partial charge in [0.25, 0.3) is 0 Å². The summed E-state index contributed by atoms with van der Waals surface area (Å²) in [6, 6.07) is 13.8. The van der Waals surface area contributed by atoms with Gasteiger partial charge in [-0.2, -0.15) is 0 Å². The van der Waals surface area contributed by atoms with Crippen molar-refractivity contribution < 1.29 is 4.79 Å². The number of rotatable bonds is 3. The van der Waals surface area contributed by atoms with Crippen molar-refractivity contribution >= 4 is 23.0 Å². The van der Waals surface area contributed by atoms with Crippen LogP contribution in [0.4, 0.5) is 17.1 Å². The molecule has 0 fully saturated rings. The lowest BCUT2D eigenvalue weighted by Gasteiger charge is -2.31. The zero-order chi connectivity index (χ0) is 15.5. The highest BCUT2D eigenvalue weighted by molar-refractivity contribution is 5.94. The maximum absolute atomic E-state index is 12.3. The molecule has 4 nitrogen and oxygen atoms in total. The minimum atomic E-state index is -0.000808. The summed E-state index contributed by atoms with van der Waals surface area (Å²) in [7, 11) is 0. The monoisotopic (exact) mass is 295 g/mol. The van der Waals surface area contributed by atoms with Crippen molar-refractivity contribution in [1.82, 2.24) is 0 Å². The molecule has 0 saturated carbocycles. The molecule has 0 saturated heterocycles. The van der Waals surface area contributed by atoms with E-state index in [0.717, 1.165) is 42.0 Å². The maximum Gasteiger partial charge on any atom is 0.243 e. The molecule has 2 aromatic carbocycles. The summed E-state index contributed by atoms with van der Waals surface area (Å²) in [5, 5.41) is 2.95. The molecule has 3 rings (SSSR count). The molecule has 1 aliphatic heterocycles. The fourth-order valence-electron chi connectivity index (χ4n) is 2.90. The largest absolute Gasteiger partial charge is 0.398 e. The predicted octanol–water partition coefficient (Wildman–Crippen LogP) is 2.97. The third-order valence-corrected chi connectivity index (χ3v) is 4.05. The Hall–Kier alpha value is -2.49. The lowest BCUT2D eigenvalue weighted by atomic mass is 10.00. The van der Waals surface area contributed by atoms with Crippen LogP contribution in [-0.2, 0) is 11.2 Å². The van der Waals surface area contributed by atoms with Crippen LogP contribution in [0.1, 0.15) is 17.5 Å². The Labute approximate surface area is 130 Å². The molecule has 0 atom stereocenters. The van der Waals surface area contributed by atoms with Gasteiger partial charge in [-0.1, -0.05) is 23.8 Å². The SMILES string of the molecule is Cc1ccc(NC(=O)CN2CCCc3c(N)cccc32)cc1. The zero-order valence-corrected chi connectivity index (χ0v) is 12.8. The molecule has 3 N–H and O–H groups in total. The Kier molecular flexibility index (Phi) is 4.00. The van der Waals surface area contributed by atoms with Gasteiger partial charge in [0, 0.05) is 23.6 Å². The minimum Gasteiger partial charge on any atom is -0.398 e. The molecule has 0 unspecified atom stereocenters. The second kappa shape index (κ2) is 6.10. The van der Waals surface area contributed by atoms with Crippen molar-refractivity contribution in [3.63, 3.8) is 0 Å². The highest BCUT2D eigenvalue weighted by atomic mass is 16.2. The van der Waals surface area contributed by atoms with Crippen molar-refractivity contribution in [2.75, 3.05) is 29.0 Å². The maximum atomic E-state index is 12.3. The molecule has 0 radical (unpaired) electrons. The van der Waals surface area contributed by atoms with Gasteiger partial charge in [-0.3, -0.25) is 4.79 Å². The first-order valence-electron chi connectivity index (χ1n) is 7.62. The van der Waals surface area contributed by atoms with Gasteiger partial charge in [0.05, 0.1) is 6.54 Å². The second-order valence-corrected chi connectivity index (χ2v) is 5.78. The number of carbonyl (C=O) groups excluding carboxylic acids is 1. The number of nitrogen functional groups attached to an aromatic ring is 1. The molecule has 114 valence electrons. The van der Waals surface area contributed by atoms with E-state index in [0.29, 0.717) is 6.54 Å². The number of fused-ring (bicyclic) bond motifs is 1. The number of benzene rings is 2. The summed E-state index contributed by atoms with van der Waals surface area (Å²) in [5.74, 6) is -0.000808. The number of amides is 1. The first-order chi connectivity index (χ1) is 10.6. The molecule has 4 heteroatoms. The fourth-order valence-corrected chi connectivity index (χ4v) is 2.90. The average molecular weight is 295 g/mol. The normalized spacial score (nSPS) is 13.6. The highest BCUT2D eigenvalue weighted by Crippen LogP contribution is 2.30. The zero-order valence-electron chi connectivity index (χ0n) is 12.8. The van der Waals surface area contributed by atoms with E-state index in [1.54, 1.807) is 0 Å². The molecule has 22 heavy (non-hydrogen) atoms. The number of carbonyl (C=O) groups is 1. The van der Waals surface area contributed by atoms with Gasteiger partial charge in [-0.25, -0.2) is 0 Å². The molecule has 0 aliphatic carbocycles. The van der Waals surface area contributed by atoms with Crippen LogP contribution in [-0.4, -0.2) is 19.0 Å². The third kappa shape index (κ3) is 3.06. The molecular weight excluding hydrogens is 274 g/mol. The molecule has 0 bridgehead atoms. The number of nitrogens with one attached hydrogen (secondary N) is 1. The number of aryl methyl sites for hydroxylation is 1. The summed E-state index contributed by atoms with van der Waals surface area (Å²) in [5.41, 5.74) is 11.1. The van der Waals surface area contributed by atoms with E-state index in [2.05, 4.69) is 10.2 Å². The fraction of sp³-hybridized carbons (Fsp3) is 0.278. The quantitative estimate of drug-likeness (QED) is 0.856. The lowest BCUT2D eigenvalue weighted by Crippen LogP contribution is -2.37. The van der Waals surface area contributed by atoms with Crippen LogP contribution < -0.4 is 16.0 Å². The van der Waals surface area contributed by atoms with Crippen molar-refractivity contribution in [3.05, 3.63) is 53.6 Å². The van der Waals surface area contributed by atoms with Gasteiger partial charge in [0.1, 0.15) is 0 Å². The first-order valence-corrected chi connectivity index (χ1v) is 7.62. The van der Waals surface area contributed by atoms with Crippen LogP contribution in [0.5, 0.6) is 0 Å². The van der Waals surface area contributed by atoms with E-state index in [9.17, 15) is 4.79 Å². The molecule has 0 aromatic heterocycles. The Morgan fingerprint density at radius 1 is 1.23 bits per heavy atom. The molecule has 1 heterocycles. The van der Waals surface area contributed by atoms with Crippen LogP contribution in [0.25, 0.3) is 0 Å². The van der Waals surface area contributed by atoms with E-state index >= 15 is 0 Å². The van der Waals surface area contributed by atoms with Gasteiger partial charge in [-0.05, 0) is 49.6 Å². The lowest BCUT2D eigenvalue weighted by molar-refractivity contribution is -0.115. The van der Waals surface area contributed by atoms with Crippen LogP contribution in [0, 0.1) is 6.92 Å². The third-order valence-electron chi connectivity index (χ3n) is 4.05. The van der Waals surface area contributed by atoms with E-state index < -0.39 is 0 Å². The summed E-state index contributed by atoms with van der Waals surface area (Å²) in [6.07, 6.45) is 2.01. The summed E-state index contributed by atoms with van der Waals surface area (Å²) >= 11 is 0. The topological polar surface area (TPSA) is 58.4 Å². The number of anilines is 3. The van der Waals surface area contributed by atoms with E-state index in [1.165, 1.54) is 5.56 Å². The predicted molar refractivity (Wildman–Crippen MR) is 91.2 cm³/mol. The van der Waals surface area contributed by atoms with E-state index in [4.69, 9.17) is 5.73 Å². The van der Waals surface area contributed by atoms with Crippen molar-refractivity contribution in [2.24, 2.45) is 0 Å². The molecular formula is C18H21N3O. The number of nitrogens with zero attached hydrogens (tertiary/aromatic N) is 1. The van der Waals surface area contributed by atoms with Crippen LogP contribution >= 0.6 is 0 Å². The van der Waals surface area contributed by atoms with Gasteiger partial charge in [-0.15, -0.1) is 0 Å². The Bertz CT molecular complexity index is 679. The molecule has 1 aliphatic rings. The molecule has 2 aromatic rings. The number of hydrogen-bond acceptors (Lipinski definition) is 3. The Balaban J connectivity index is 1.70. The summed E-state index contributed by atoms with van der Waals surface area (Å²) in [4.78, 5) is 14.4. The summed E-state index contributed by atoms with van der Waals surface area (Å²) < 4.78 is 0. The van der Waals surface area contributed by atoms with Gasteiger partial charge in [0.2, 0.25) is 5.91 Å².